The van der Waals surface area contributed by atoms with Gasteiger partial charge in [0.2, 0.25) is 5.91 Å². The SMILES string of the molecule is CCOC(=O)N[C@H](CC(=O)N[C@H](C)CC)c1ccccc1. The fourth-order valence-corrected chi connectivity index (χ4v) is 1.87. The molecule has 2 N–H and O–H groups in total. The van der Waals surface area contributed by atoms with Crippen molar-refractivity contribution in [2.24, 2.45) is 0 Å². The first-order valence-electron chi connectivity index (χ1n) is 7.34. The molecule has 1 aromatic rings. The van der Waals surface area contributed by atoms with Crippen molar-refractivity contribution in [1.29, 1.82) is 0 Å². The predicted molar refractivity (Wildman–Crippen MR) is 81.9 cm³/mol. The average Bonchev–Trinajstić information content (AvgIpc) is 2.47. The molecule has 0 saturated heterocycles. The molecule has 0 aromatic heterocycles. The van der Waals surface area contributed by atoms with Gasteiger partial charge in [0.25, 0.3) is 0 Å². The Hall–Kier alpha value is -2.04. The summed E-state index contributed by atoms with van der Waals surface area (Å²) in [5.41, 5.74) is 0.879. The van der Waals surface area contributed by atoms with E-state index in [-0.39, 0.29) is 18.4 Å². The maximum atomic E-state index is 12.0. The fraction of sp³-hybridized carbons (Fsp3) is 0.500. The first-order valence-corrected chi connectivity index (χ1v) is 7.34. The molecule has 0 radical (unpaired) electrons. The number of carbonyl (C=O) groups is 2. The molecule has 21 heavy (non-hydrogen) atoms. The lowest BCUT2D eigenvalue weighted by atomic mass is 10.0. The predicted octanol–water partition coefficient (Wildman–Crippen LogP) is 2.78. The van der Waals surface area contributed by atoms with Crippen LogP contribution in [0.1, 0.15) is 45.2 Å². The van der Waals surface area contributed by atoms with Gasteiger partial charge in [0.1, 0.15) is 0 Å². The summed E-state index contributed by atoms with van der Waals surface area (Å²) >= 11 is 0. The van der Waals surface area contributed by atoms with E-state index in [9.17, 15) is 9.59 Å². The molecule has 0 saturated carbocycles. The molecular weight excluding hydrogens is 268 g/mol. The number of nitrogens with one attached hydrogen (secondary N) is 2. The Kier molecular flexibility index (Phi) is 7.29. The van der Waals surface area contributed by atoms with E-state index in [1.165, 1.54) is 0 Å². The van der Waals surface area contributed by atoms with E-state index in [0.717, 1.165) is 12.0 Å². The Labute approximate surface area is 126 Å². The van der Waals surface area contributed by atoms with Gasteiger partial charge < -0.3 is 15.4 Å². The van der Waals surface area contributed by atoms with Crippen molar-refractivity contribution in [3.8, 4) is 0 Å². The third kappa shape index (κ3) is 6.29. The quantitative estimate of drug-likeness (QED) is 0.812. The maximum absolute atomic E-state index is 12.0. The summed E-state index contributed by atoms with van der Waals surface area (Å²) in [6.07, 6.45) is 0.544. The van der Waals surface area contributed by atoms with Gasteiger partial charge in [-0.05, 0) is 25.8 Å². The Morgan fingerprint density at radius 1 is 1.14 bits per heavy atom. The van der Waals surface area contributed by atoms with Crippen LogP contribution in [0, 0.1) is 0 Å². The molecule has 0 aliphatic heterocycles. The molecule has 0 bridgehead atoms. The molecule has 0 spiro atoms. The van der Waals surface area contributed by atoms with E-state index >= 15 is 0 Å². The molecule has 2 atom stereocenters. The molecule has 0 unspecified atom stereocenters. The van der Waals surface area contributed by atoms with Crippen LogP contribution in [0.4, 0.5) is 4.79 Å². The van der Waals surface area contributed by atoms with Gasteiger partial charge in [-0.2, -0.15) is 0 Å². The molecule has 5 heteroatoms. The van der Waals surface area contributed by atoms with Gasteiger partial charge in [0, 0.05) is 6.04 Å². The number of amides is 2. The second-order valence-electron chi connectivity index (χ2n) is 4.91. The van der Waals surface area contributed by atoms with E-state index in [4.69, 9.17) is 4.74 Å². The van der Waals surface area contributed by atoms with Gasteiger partial charge >= 0.3 is 6.09 Å². The zero-order valence-corrected chi connectivity index (χ0v) is 12.9. The lowest BCUT2D eigenvalue weighted by molar-refractivity contribution is -0.122. The molecule has 0 heterocycles. The van der Waals surface area contributed by atoms with E-state index < -0.39 is 12.1 Å². The lowest BCUT2D eigenvalue weighted by Gasteiger charge is -2.20. The lowest BCUT2D eigenvalue weighted by Crippen LogP contribution is -2.37. The smallest absolute Gasteiger partial charge is 0.407 e. The second-order valence-corrected chi connectivity index (χ2v) is 4.91. The Balaban J connectivity index is 2.73. The molecule has 0 fully saturated rings. The minimum Gasteiger partial charge on any atom is -0.450 e. The van der Waals surface area contributed by atoms with E-state index in [1.807, 2.05) is 44.2 Å². The van der Waals surface area contributed by atoms with Crippen molar-refractivity contribution in [3.05, 3.63) is 35.9 Å². The van der Waals surface area contributed by atoms with Crippen LogP contribution in [0.3, 0.4) is 0 Å². The van der Waals surface area contributed by atoms with Crippen LogP contribution in [0.2, 0.25) is 0 Å². The van der Waals surface area contributed by atoms with Crippen LogP contribution in [0.15, 0.2) is 30.3 Å². The summed E-state index contributed by atoms with van der Waals surface area (Å²) in [6, 6.07) is 9.14. The molecular formula is C16H24N2O3. The monoisotopic (exact) mass is 292 g/mol. The highest BCUT2D eigenvalue weighted by molar-refractivity contribution is 5.78. The van der Waals surface area contributed by atoms with Gasteiger partial charge in [-0.15, -0.1) is 0 Å². The standard InChI is InChI=1S/C16H24N2O3/c1-4-12(3)17-15(19)11-14(18-16(20)21-5-2)13-9-7-6-8-10-13/h6-10,12,14H,4-5,11H2,1-3H3,(H,17,19)(H,18,20)/t12-,14-/m1/s1. The Morgan fingerprint density at radius 3 is 2.38 bits per heavy atom. The highest BCUT2D eigenvalue weighted by atomic mass is 16.5. The van der Waals surface area contributed by atoms with Gasteiger partial charge in [-0.1, -0.05) is 37.3 Å². The van der Waals surface area contributed by atoms with Crippen molar-refractivity contribution in [2.75, 3.05) is 6.61 Å². The van der Waals surface area contributed by atoms with Crippen molar-refractivity contribution in [1.82, 2.24) is 10.6 Å². The maximum Gasteiger partial charge on any atom is 0.407 e. The number of carbonyl (C=O) groups excluding carboxylic acids is 2. The Morgan fingerprint density at radius 2 is 1.81 bits per heavy atom. The largest absolute Gasteiger partial charge is 0.450 e. The molecule has 0 aliphatic carbocycles. The number of ether oxygens (including phenoxy) is 1. The highest BCUT2D eigenvalue weighted by Crippen LogP contribution is 2.16. The Bertz CT molecular complexity index is 448. The molecule has 0 aliphatic rings. The van der Waals surface area contributed by atoms with Gasteiger partial charge in [0.15, 0.2) is 0 Å². The third-order valence-corrected chi connectivity index (χ3v) is 3.18. The zero-order chi connectivity index (χ0) is 15.7. The van der Waals surface area contributed by atoms with Crippen molar-refractivity contribution >= 4 is 12.0 Å². The molecule has 5 nitrogen and oxygen atoms in total. The van der Waals surface area contributed by atoms with Crippen LogP contribution in [-0.4, -0.2) is 24.6 Å². The van der Waals surface area contributed by atoms with Crippen LogP contribution < -0.4 is 10.6 Å². The topological polar surface area (TPSA) is 67.4 Å². The fourth-order valence-electron chi connectivity index (χ4n) is 1.87. The number of hydrogen-bond acceptors (Lipinski definition) is 3. The summed E-state index contributed by atoms with van der Waals surface area (Å²) in [6.45, 7) is 6.00. The molecule has 2 amide bonds. The second kappa shape index (κ2) is 9.00. The average molecular weight is 292 g/mol. The molecule has 116 valence electrons. The van der Waals surface area contributed by atoms with Crippen molar-refractivity contribution in [3.63, 3.8) is 0 Å². The number of hydrogen-bond donors (Lipinski definition) is 2. The van der Waals surface area contributed by atoms with Gasteiger partial charge in [-0.3, -0.25) is 4.79 Å². The summed E-state index contributed by atoms with van der Waals surface area (Å²) in [4.78, 5) is 23.7. The molecule has 1 rings (SSSR count). The van der Waals surface area contributed by atoms with E-state index in [2.05, 4.69) is 10.6 Å². The number of rotatable bonds is 7. The van der Waals surface area contributed by atoms with Crippen LogP contribution >= 0.6 is 0 Å². The summed E-state index contributed by atoms with van der Waals surface area (Å²) in [5.74, 6) is -0.0880. The summed E-state index contributed by atoms with van der Waals surface area (Å²) in [7, 11) is 0. The first kappa shape index (κ1) is 17.0. The summed E-state index contributed by atoms with van der Waals surface area (Å²) < 4.78 is 4.90. The van der Waals surface area contributed by atoms with E-state index in [1.54, 1.807) is 6.92 Å². The third-order valence-electron chi connectivity index (χ3n) is 3.18. The van der Waals surface area contributed by atoms with Crippen molar-refractivity contribution < 1.29 is 14.3 Å². The van der Waals surface area contributed by atoms with Gasteiger partial charge in [0.05, 0.1) is 19.1 Å². The van der Waals surface area contributed by atoms with Crippen LogP contribution in [0.5, 0.6) is 0 Å². The minimum atomic E-state index is -0.511. The number of alkyl carbamates (subject to hydrolysis) is 1. The first-order chi connectivity index (χ1) is 10.1. The van der Waals surface area contributed by atoms with Crippen molar-refractivity contribution in [2.45, 2.75) is 45.7 Å². The van der Waals surface area contributed by atoms with Crippen LogP contribution in [0.25, 0.3) is 0 Å². The number of benzene rings is 1. The highest BCUT2D eigenvalue weighted by Gasteiger charge is 2.19. The normalized spacial score (nSPS) is 13.1. The van der Waals surface area contributed by atoms with Crippen LogP contribution in [-0.2, 0) is 9.53 Å². The minimum absolute atomic E-state index is 0.0880. The molecule has 1 aromatic carbocycles. The van der Waals surface area contributed by atoms with E-state index in [0.29, 0.717) is 6.61 Å². The summed E-state index contributed by atoms with van der Waals surface area (Å²) in [5, 5.41) is 5.64. The zero-order valence-electron chi connectivity index (χ0n) is 12.9. The van der Waals surface area contributed by atoms with Gasteiger partial charge in [-0.25, -0.2) is 4.79 Å².